The smallest absolute Gasteiger partial charge is 0.227 e. The van der Waals surface area contributed by atoms with E-state index in [1.54, 1.807) is 0 Å². The Labute approximate surface area is 158 Å². The quantitative estimate of drug-likeness (QED) is 0.391. The maximum atomic E-state index is 10.3. The van der Waals surface area contributed by atoms with Gasteiger partial charge in [-0.1, -0.05) is 0 Å². The van der Waals surface area contributed by atoms with E-state index in [1.807, 2.05) is 0 Å². The minimum Gasteiger partial charge on any atom is -0.359 e. The Hall–Kier alpha value is -2.06. The maximum absolute atomic E-state index is 10.3. The molecule has 0 fully saturated rings. The zero-order chi connectivity index (χ0) is 19.7. The molecule has 0 saturated heterocycles. The normalized spacial score (nSPS) is 7.92. The molecule has 0 aliphatic rings. The van der Waals surface area contributed by atoms with Crippen LogP contribution in [-0.4, -0.2) is 56.2 Å². The topological polar surface area (TPSA) is 139 Å². The molecule has 3 N–H and O–H groups in total. The Morgan fingerprint density at radius 1 is 0.520 bits per heavy atom. The second-order valence-corrected chi connectivity index (χ2v) is 4.66. The summed E-state index contributed by atoms with van der Waals surface area (Å²) in [6, 6.07) is 0. The van der Waals surface area contributed by atoms with Crippen molar-refractivity contribution in [2.24, 2.45) is 0 Å². The largest absolute Gasteiger partial charge is 0.359 e. The number of rotatable bonds is 6. The summed E-state index contributed by atoms with van der Waals surface area (Å²) in [4.78, 5) is 61.3. The second-order valence-electron chi connectivity index (χ2n) is 4.66. The Kier molecular flexibility index (Phi) is 24.6. The van der Waals surface area contributed by atoms with Crippen molar-refractivity contribution >= 4 is 35.1 Å². The molecule has 146 valence electrons. The van der Waals surface area contributed by atoms with Crippen LogP contribution in [0.4, 0.5) is 0 Å². The Morgan fingerprint density at radius 2 is 0.680 bits per heavy atom. The molecule has 0 saturated carbocycles. The first kappa shape index (κ1) is 30.8. The van der Waals surface area contributed by atoms with Gasteiger partial charge in [-0.3, -0.25) is 28.8 Å². The molecular formula is C15H27FeN3O6. The molecule has 0 aromatic carbocycles. The summed E-state index contributed by atoms with van der Waals surface area (Å²) >= 11 is 0. The van der Waals surface area contributed by atoms with Gasteiger partial charge in [-0.25, -0.2) is 0 Å². The van der Waals surface area contributed by atoms with Crippen molar-refractivity contribution in [2.75, 3.05) is 21.1 Å². The number of Topliss-reactive ketones (excluding diaryl/α,β-unsaturated/α-hetero) is 3. The van der Waals surface area contributed by atoms with E-state index in [0.717, 1.165) is 0 Å². The first-order valence-corrected chi connectivity index (χ1v) is 7.10. The number of carbonyl (C=O) groups is 6. The second kappa shape index (κ2) is 20.0. The van der Waals surface area contributed by atoms with Gasteiger partial charge < -0.3 is 16.0 Å². The summed E-state index contributed by atoms with van der Waals surface area (Å²) in [6.07, 6.45) is -0.0104. The van der Waals surface area contributed by atoms with E-state index < -0.39 is 0 Å². The molecule has 0 aromatic rings. The summed E-state index contributed by atoms with van der Waals surface area (Å²) in [6.45, 7) is 4.15. The Balaban J connectivity index is -0.000000130. The third-order valence-corrected chi connectivity index (χ3v) is 2.07. The average molecular weight is 401 g/mol. The van der Waals surface area contributed by atoms with Crippen LogP contribution in [0.3, 0.4) is 0 Å². The molecule has 0 atom stereocenters. The van der Waals surface area contributed by atoms with Gasteiger partial charge in [0.1, 0.15) is 17.3 Å². The van der Waals surface area contributed by atoms with Crippen molar-refractivity contribution in [1.82, 2.24) is 16.0 Å². The molecule has 0 aromatic heterocycles. The van der Waals surface area contributed by atoms with Gasteiger partial charge in [0, 0.05) is 38.2 Å². The van der Waals surface area contributed by atoms with Crippen molar-refractivity contribution in [1.29, 1.82) is 0 Å². The maximum Gasteiger partial charge on any atom is 0.227 e. The van der Waals surface area contributed by atoms with E-state index in [2.05, 4.69) is 16.0 Å². The summed E-state index contributed by atoms with van der Waals surface area (Å²) in [5.41, 5.74) is 0. The zero-order valence-corrected chi connectivity index (χ0v) is 16.5. The molecule has 0 radical (unpaired) electrons. The molecule has 10 heteroatoms. The van der Waals surface area contributed by atoms with Gasteiger partial charge in [-0.05, 0) is 20.8 Å². The molecule has 0 aliphatic carbocycles. The van der Waals surface area contributed by atoms with E-state index >= 15 is 0 Å². The molecule has 3 amide bonds. The van der Waals surface area contributed by atoms with Gasteiger partial charge in [-0.15, -0.1) is 0 Å². The first-order valence-electron chi connectivity index (χ1n) is 7.10. The molecule has 25 heavy (non-hydrogen) atoms. The SMILES string of the molecule is CNC(=O)CC(C)=O.CNC(=O)CC(C)=O.CNC(=O)CC(C)=O.[Fe]. The average Bonchev–Trinajstić information content (AvgIpc) is 2.46. The molecule has 0 heterocycles. The number of nitrogens with one attached hydrogen (secondary N) is 3. The molecule has 0 bridgehead atoms. The van der Waals surface area contributed by atoms with Gasteiger partial charge in [0.2, 0.25) is 17.7 Å². The van der Waals surface area contributed by atoms with E-state index in [0.29, 0.717) is 0 Å². The van der Waals surface area contributed by atoms with Crippen LogP contribution >= 0.6 is 0 Å². The van der Waals surface area contributed by atoms with Crippen LogP contribution < -0.4 is 16.0 Å². The Bertz CT molecular complexity index is 400. The van der Waals surface area contributed by atoms with Crippen molar-refractivity contribution in [3.8, 4) is 0 Å². The van der Waals surface area contributed by atoms with E-state index in [-0.39, 0.29) is 71.4 Å². The fourth-order valence-electron chi connectivity index (χ4n) is 0.943. The van der Waals surface area contributed by atoms with Crippen LogP contribution in [0.5, 0.6) is 0 Å². The third kappa shape index (κ3) is 34.3. The number of hydrogen-bond donors (Lipinski definition) is 3. The summed E-state index contributed by atoms with van der Waals surface area (Å²) in [7, 11) is 4.52. The van der Waals surface area contributed by atoms with E-state index in [9.17, 15) is 28.8 Å². The van der Waals surface area contributed by atoms with Gasteiger partial charge in [0.25, 0.3) is 0 Å². The fraction of sp³-hybridized carbons (Fsp3) is 0.600. The summed E-state index contributed by atoms with van der Waals surface area (Å²) in [5, 5.41) is 7.01. The van der Waals surface area contributed by atoms with Crippen LogP contribution in [0.1, 0.15) is 40.0 Å². The van der Waals surface area contributed by atoms with Crippen molar-refractivity contribution < 1.29 is 45.8 Å². The van der Waals surface area contributed by atoms with Gasteiger partial charge in [-0.2, -0.15) is 0 Å². The standard InChI is InChI=1S/3C5H9NO2.Fe/c3*1-4(7)3-5(8)6-2;/h3*3H2,1-2H3,(H,6,8);. The molecule has 0 aliphatic heterocycles. The van der Waals surface area contributed by atoms with Crippen molar-refractivity contribution in [2.45, 2.75) is 40.0 Å². The number of carbonyl (C=O) groups excluding carboxylic acids is 6. The van der Waals surface area contributed by atoms with Crippen LogP contribution in [0.25, 0.3) is 0 Å². The van der Waals surface area contributed by atoms with Crippen molar-refractivity contribution in [3.05, 3.63) is 0 Å². The van der Waals surface area contributed by atoms with Gasteiger partial charge in [0.05, 0.1) is 19.3 Å². The summed E-state index contributed by atoms with van der Waals surface area (Å²) < 4.78 is 0. The van der Waals surface area contributed by atoms with Crippen LogP contribution in [-0.2, 0) is 45.8 Å². The van der Waals surface area contributed by atoms with Gasteiger partial charge in [0.15, 0.2) is 0 Å². The monoisotopic (exact) mass is 401 g/mol. The predicted octanol–water partition coefficient (Wildman–Crippen LogP) is -0.868. The number of hydrogen-bond acceptors (Lipinski definition) is 6. The van der Waals surface area contributed by atoms with Crippen LogP contribution in [0, 0.1) is 0 Å². The van der Waals surface area contributed by atoms with E-state index in [1.165, 1.54) is 41.9 Å². The number of amides is 3. The predicted molar refractivity (Wildman–Crippen MR) is 88.1 cm³/mol. The van der Waals surface area contributed by atoms with Crippen LogP contribution in [0.15, 0.2) is 0 Å². The van der Waals surface area contributed by atoms with Gasteiger partial charge >= 0.3 is 0 Å². The molecule has 0 spiro atoms. The van der Waals surface area contributed by atoms with E-state index in [4.69, 9.17) is 0 Å². The first-order chi connectivity index (χ1) is 11.0. The third-order valence-electron chi connectivity index (χ3n) is 2.07. The molecule has 9 nitrogen and oxygen atoms in total. The minimum atomic E-state index is -0.225. The fourth-order valence-corrected chi connectivity index (χ4v) is 0.943. The molecular weight excluding hydrogens is 374 g/mol. The Morgan fingerprint density at radius 3 is 0.720 bits per heavy atom. The van der Waals surface area contributed by atoms with Crippen LogP contribution in [0.2, 0.25) is 0 Å². The summed E-state index contributed by atoms with van der Waals surface area (Å²) in [5.74, 6) is -0.995. The van der Waals surface area contributed by atoms with Crippen molar-refractivity contribution in [3.63, 3.8) is 0 Å². The minimum absolute atomic E-state index is 0. The molecule has 0 unspecified atom stereocenters. The number of ketones is 3. The zero-order valence-electron chi connectivity index (χ0n) is 15.4. The molecule has 0 rings (SSSR count).